The van der Waals surface area contributed by atoms with Crippen LogP contribution in [-0.2, 0) is 4.79 Å². The lowest BCUT2D eigenvalue weighted by Crippen LogP contribution is -2.24. The van der Waals surface area contributed by atoms with Crippen LogP contribution in [0.5, 0.6) is 11.5 Å². The first-order chi connectivity index (χ1) is 9.06. The van der Waals surface area contributed by atoms with Gasteiger partial charge in [-0.25, -0.2) is 5.01 Å². The highest BCUT2D eigenvalue weighted by molar-refractivity contribution is 5.87. The molecule has 1 heterocycles. The number of carbonyl (C=O) groups is 1. The molecule has 0 fully saturated rings. The average Bonchev–Trinajstić information content (AvgIpc) is 2.80. The fourth-order valence-electron chi connectivity index (χ4n) is 2.27. The fourth-order valence-corrected chi connectivity index (χ4v) is 2.27. The van der Waals surface area contributed by atoms with Crippen LogP contribution in [0.1, 0.15) is 31.9 Å². The van der Waals surface area contributed by atoms with Crippen molar-refractivity contribution in [3.63, 3.8) is 0 Å². The number of nitrogens with zero attached hydrogens (tertiary/aromatic N) is 2. The lowest BCUT2D eigenvalue weighted by atomic mass is 10.0. The molecule has 0 radical (unpaired) electrons. The summed E-state index contributed by atoms with van der Waals surface area (Å²) in [6.07, 6.45) is 0.745. The number of ether oxygens (including phenoxy) is 2. The lowest BCUT2D eigenvalue weighted by molar-refractivity contribution is -0.130. The number of carbonyl (C=O) groups excluding carboxylic acids is 1. The molecule has 0 saturated heterocycles. The van der Waals surface area contributed by atoms with Crippen molar-refractivity contribution >= 4 is 11.6 Å². The molecule has 0 bridgehead atoms. The molecular weight excluding hydrogens is 244 g/mol. The Morgan fingerprint density at radius 3 is 2.58 bits per heavy atom. The lowest BCUT2D eigenvalue weighted by Gasteiger charge is -2.21. The zero-order chi connectivity index (χ0) is 14.0. The van der Waals surface area contributed by atoms with Crippen molar-refractivity contribution < 1.29 is 14.3 Å². The van der Waals surface area contributed by atoms with Gasteiger partial charge in [0.25, 0.3) is 0 Å². The molecule has 1 aromatic rings. The normalized spacial score (nSPS) is 18.2. The molecule has 1 atom stereocenters. The van der Waals surface area contributed by atoms with E-state index in [9.17, 15) is 4.79 Å². The first-order valence-corrected chi connectivity index (χ1v) is 6.12. The fraction of sp³-hybridized carbons (Fsp3) is 0.429. The molecule has 2 rings (SSSR count). The van der Waals surface area contributed by atoms with Crippen LogP contribution in [0, 0.1) is 0 Å². The Bertz CT molecular complexity index is 525. The number of hydrogen-bond acceptors (Lipinski definition) is 4. The van der Waals surface area contributed by atoms with Gasteiger partial charge in [-0.1, -0.05) is 6.07 Å². The Hall–Kier alpha value is -2.04. The van der Waals surface area contributed by atoms with Crippen LogP contribution in [0.3, 0.4) is 0 Å². The maximum Gasteiger partial charge on any atom is 0.240 e. The monoisotopic (exact) mass is 262 g/mol. The van der Waals surface area contributed by atoms with E-state index in [0.29, 0.717) is 11.5 Å². The summed E-state index contributed by atoms with van der Waals surface area (Å²) in [6.45, 7) is 3.45. The van der Waals surface area contributed by atoms with E-state index in [1.165, 1.54) is 11.9 Å². The van der Waals surface area contributed by atoms with Gasteiger partial charge in [-0.15, -0.1) is 0 Å². The van der Waals surface area contributed by atoms with Crippen molar-refractivity contribution in [3.05, 3.63) is 23.8 Å². The van der Waals surface area contributed by atoms with Crippen LogP contribution in [0.15, 0.2) is 23.3 Å². The Kier molecular flexibility index (Phi) is 3.74. The third-order valence-corrected chi connectivity index (χ3v) is 3.18. The minimum atomic E-state index is -0.0587. The number of rotatable bonds is 3. The predicted octanol–water partition coefficient (Wildman–Crippen LogP) is 2.37. The maximum atomic E-state index is 11.6. The van der Waals surface area contributed by atoms with Gasteiger partial charge in [0, 0.05) is 19.1 Å². The average molecular weight is 262 g/mol. The van der Waals surface area contributed by atoms with Crippen LogP contribution in [0.25, 0.3) is 0 Å². The largest absolute Gasteiger partial charge is 0.493 e. The molecule has 0 aromatic heterocycles. The van der Waals surface area contributed by atoms with E-state index >= 15 is 0 Å². The number of benzene rings is 1. The number of hydrazone groups is 1. The van der Waals surface area contributed by atoms with Gasteiger partial charge in [-0.3, -0.25) is 4.79 Å². The molecule has 0 unspecified atom stereocenters. The third kappa shape index (κ3) is 2.54. The molecule has 0 aliphatic carbocycles. The molecule has 0 N–H and O–H groups in total. The molecule has 1 aliphatic rings. The minimum absolute atomic E-state index is 0.0580. The van der Waals surface area contributed by atoms with E-state index in [1.807, 2.05) is 25.1 Å². The quantitative estimate of drug-likeness (QED) is 0.840. The first kappa shape index (κ1) is 13.4. The van der Waals surface area contributed by atoms with Gasteiger partial charge in [0.15, 0.2) is 11.5 Å². The van der Waals surface area contributed by atoms with E-state index in [0.717, 1.165) is 17.7 Å². The van der Waals surface area contributed by atoms with Gasteiger partial charge in [-0.05, 0) is 24.6 Å². The molecule has 0 saturated carbocycles. The van der Waals surface area contributed by atoms with E-state index in [1.54, 1.807) is 14.2 Å². The molecule has 5 heteroatoms. The van der Waals surface area contributed by atoms with Crippen LogP contribution in [0.4, 0.5) is 0 Å². The molecule has 1 amide bonds. The van der Waals surface area contributed by atoms with Crippen LogP contribution >= 0.6 is 0 Å². The second-order valence-electron chi connectivity index (χ2n) is 4.53. The first-order valence-electron chi connectivity index (χ1n) is 6.12. The summed E-state index contributed by atoms with van der Waals surface area (Å²) >= 11 is 0. The summed E-state index contributed by atoms with van der Waals surface area (Å²) in [5, 5.41) is 5.80. The summed E-state index contributed by atoms with van der Waals surface area (Å²) < 4.78 is 10.5. The van der Waals surface area contributed by atoms with E-state index < -0.39 is 0 Å². The topological polar surface area (TPSA) is 51.1 Å². The highest BCUT2D eigenvalue weighted by Gasteiger charge is 2.29. The van der Waals surface area contributed by atoms with Crippen LogP contribution < -0.4 is 9.47 Å². The molecule has 1 aromatic carbocycles. The predicted molar refractivity (Wildman–Crippen MR) is 72.5 cm³/mol. The molecule has 19 heavy (non-hydrogen) atoms. The number of methoxy groups -OCH3 is 2. The van der Waals surface area contributed by atoms with Gasteiger partial charge in [0.1, 0.15) is 0 Å². The second kappa shape index (κ2) is 5.30. The van der Waals surface area contributed by atoms with Crippen molar-refractivity contribution in [1.82, 2.24) is 5.01 Å². The maximum absolute atomic E-state index is 11.6. The van der Waals surface area contributed by atoms with Gasteiger partial charge < -0.3 is 9.47 Å². The van der Waals surface area contributed by atoms with Crippen LogP contribution in [-0.4, -0.2) is 30.8 Å². The summed E-state index contributed by atoms with van der Waals surface area (Å²) in [5.41, 5.74) is 1.95. The highest BCUT2D eigenvalue weighted by Crippen LogP contribution is 2.36. The molecule has 0 spiro atoms. The van der Waals surface area contributed by atoms with Crippen molar-refractivity contribution in [2.24, 2.45) is 5.10 Å². The van der Waals surface area contributed by atoms with E-state index in [4.69, 9.17) is 9.47 Å². The van der Waals surface area contributed by atoms with Crippen molar-refractivity contribution in [2.75, 3.05) is 14.2 Å². The third-order valence-electron chi connectivity index (χ3n) is 3.18. The Morgan fingerprint density at radius 2 is 2.00 bits per heavy atom. The van der Waals surface area contributed by atoms with Gasteiger partial charge >= 0.3 is 0 Å². The SMILES string of the molecule is COc1ccc([C@H]2CC(C)=NN2C(C)=O)cc1OC. The zero-order valence-electron chi connectivity index (χ0n) is 11.6. The smallest absolute Gasteiger partial charge is 0.240 e. The number of amides is 1. The van der Waals surface area contributed by atoms with Gasteiger partial charge in [0.2, 0.25) is 5.91 Å². The molecule has 102 valence electrons. The zero-order valence-corrected chi connectivity index (χ0v) is 11.6. The Balaban J connectivity index is 2.34. The molecule has 5 nitrogen and oxygen atoms in total. The summed E-state index contributed by atoms with van der Waals surface area (Å²) in [5.74, 6) is 1.28. The Morgan fingerprint density at radius 1 is 1.32 bits per heavy atom. The second-order valence-corrected chi connectivity index (χ2v) is 4.53. The Labute approximate surface area is 112 Å². The summed E-state index contributed by atoms with van der Waals surface area (Å²) in [6, 6.07) is 5.63. The van der Waals surface area contributed by atoms with E-state index in [-0.39, 0.29) is 11.9 Å². The number of hydrogen-bond donors (Lipinski definition) is 0. The van der Waals surface area contributed by atoms with E-state index in [2.05, 4.69) is 5.10 Å². The standard InChI is InChI=1S/C14H18N2O3/c1-9-7-12(16(15-9)10(2)17)11-5-6-13(18-3)14(8-11)19-4/h5-6,8,12H,7H2,1-4H3/t12-/m1/s1. The minimum Gasteiger partial charge on any atom is -0.493 e. The van der Waals surface area contributed by atoms with Crippen molar-refractivity contribution in [2.45, 2.75) is 26.3 Å². The summed E-state index contributed by atoms with van der Waals surface area (Å²) in [4.78, 5) is 11.6. The van der Waals surface area contributed by atoms with Crippen molar-refractivity contribution in [1.29, 1.82) is 0 Å². The van der Waals surface area contributed by atoms with Crippen LogP contribution in [0.2, 0.25) is 0 Å². The van der Waals surface area contributed by atoms with Gasteiger partial charge in [-0.2, -0.15) is 5.10 Å². The molecule has 1 aliphatic heterocycles. The molecular formula is C14H18N2O3. The highest BCUT2D eigenvalue weighted by atomic mass is 16.5. The van der Waals surface area contributed by atoms with Gasteiger partial charge in [0.05, 0.1) is 20.3 Å². The van der Waals surface area contributed by atoms with Crippen molar-refractivity contribution in [3.8, 4) is 11.5 Å². The summed E-state index contributed by atoms with van der Waals surface area (Å²) in [7, 11) is 3.20.